The number of aromatic nitrogens is 1. The van der Waals surface area contributed by atoms with Gasteiger partial charge in [0, 0.05) is 11.7 Å². The van der Waals surface area contributed by atoms with Crippen molar-refractivity contribution in [3.05, 3.63) is 24.0 Å². The predicted molar refractivity (Wildman–Crippen MR) is 66.0 cm³/mol. The number of carbonyl (C=O) groups excluding carboxylic acids is 1. The van der Waals surface area contributed by atoms with Crippen molar-refractivity contribution in [2.45, 2.75) is 25.8 Å². The fourth-order valence-electron chi connectivity index (χ4n) is 1.53. The summed E-state index contributed by atoms with van der Waals surface area (Å²) in [4.78, 5) is 16.0. The highest BCUT2D eigenvalue weighted by atomic mass is 16.5. The maximum atomic E-state index is 12.1. The van der Waals surface area contributed by atoms with Gasteiger partial charge in [-0.1, -0.05) is 0 Å². The molecule has 0 aliphatic carbocycles. The Balaban J connectivity index is 2.83. The summed E-state index contributed by atoms with van der Waals surface area (Å²) >= 11 is 0. The van der Waals surface area contributed by atoms with Crippen LogP contribution < -0.4 is 15.8 Å². The van der Waals surface area contributed by atoms with Crippen LogP contribution in [0.25, 0.3) is 0 Å². The van der Waals surface area contributed by atoms with Gasteiger partial charge in [0.25, 0.3) is 5.91 Å². The van der Waals surface area contributed by atoms with E-state index in [1.54, 1.807) is 12.3 Å². The number of pyridine rings is 1. The van der Waals surface area contributed by atoms with Crippen LogP contribution in [0.2, 0.25) is 0 Å². The molecule has 0 saturated carbocycles. The smallest absolute Gasteiger partial charge is 0.255 e. The molecule has 0 atom stereocenters. The molecule has 5 heteroatoms. The summed E-state index contributed by atoms with van der Waals surface area (Å²) in [5.74, 6) is 0.288. The van der Waals surface area contributed by atoms with Crippen LogP contribution in [0.1, 0.15) is 30.6 Å². The number of ether oxygens (including phenoxy) is 1. The summed E-state index contributed by atoms with van der Waals surface area (Å²) in [5, 5.41) is 2.92. The molecule has 0 aliphatic rings. The van der Waals surface area contributed by atoms with Crippen molar-refractivity contribution in [1.82, 2.24) is 10.3 Å². The summed E-state index contributed by atoms with van der Waals surface area (Å²) in [5.41, 5.74) is 5.65. The molecule has 0 fully saturated rings. The van der Waals surface area contributed by atoms with Gasteiger partial charge in [-0.15, -0.1) is 0 Å². The van der Waals surface area contributed by atoms with E-state index in [1.165, 1.54) is 13.3 Å². The van der Waals surface area contributed by atoms with Crippen molar-refractivity contribution in [3.8, 4) is 5.75 Å². The molecular weight excluding hydrogens is 218 g/mol. The molecule has 0 radical (unpaired) electrons. The van der Waals surface area contributed by atoms with E-state index in [2.05, 4.69) is 10.3 Å². The average molecular weight is 237 g/mol. The van der Waals surface area contributed by atoms with E-state index in [0.29, 0.717) is 24.3 Å². The Hall–Kier alpha value is -1.62. The van der Waals surface area contributed by atoms with Gasteiger partial charge in [0.1, 0.15) is 5.75 Å². The number of rotatable bonds is 5. The van der Waals surface area contributed by atoms with E-state index in [0.717, 1.165) is 0 Å². The first-order valence-corrected chi connectivity index (χ1v) is 5.51. The van der Waals surface area contributed by atoms with Crippen LogP contribution in [0.3, 0.4) is 0 Å². The highest BCUT2D eigenvalue weighted by Crippen LogP contribution is 2.17. The standard InChI is InChI=1S/C12H19N3O2/c1-12(2,5-6-13)15-11(16)9-4-7-14-8-10(9)17-3/h4,7-8H,5-6,13H2,1-3H3,(H,15,16). The Morgan fingerprint density at radius 1 is 1.59 bits per heavy atom. The molecule has 17 heavy (non-hydrogen) atoms. The molecule has 94 valence electrons. The third kappa shape index (κ3) is 3.71. The number of hydrogen-bond acceptors (Lipinski definition) is 4. The van der Waals surface area contributed by atoms with Gasteiger partial charge in [0.05, 0.1) is 18.9 Å². The van der Waals surface area contributed by atoms with Crippen molar-refractivity contribution in [3.63, 3.8) is 0 Å². The minimum atomic E-state index is -0.333. The van der Waals surface area contributed by atoms with E-state index in [4.69, 9.17) is 10.5 Å². The Bertz CT molecular complexity index is 391. The van der Waals surface area contributed by atoms with E-state index in [9.17, 15) is 4.79 Å². The van der Waals surface area contributed by atoms with Crippen molar-refractivity contribution in [2.24, 2.45) is 5.73 Å². The number of hydrogen-bond donors (Lipinski definition) is 2. The minimum Gasteiger partial charge on any atom is -0.494 e. The molecule has 0 saturated heterocycles. The van der Waals surface area contributed by atoms with Crippen LogP contribution >= 0.6 is 0 Å². The van der Waals surface area contributed by atoms with Crippen LogP contribution in [0.5, 0.6) is 5.75 Å². The Morgan fingerprint density at radius 2 is 2.29 bits per heavy atom. The summed E-state index contributed by atoms with van der Waals surface area (Å²) in [6.45, 7) is 4.40. The van der Waals surface area contributed by atoms with Crippen molar-refractivity contribution < 1.29 is 9.53 Å². The zero-order chi connectivity index (χ0) is 12.9. The summed E-state index contributed by atoms with van der Waals surface area (Å²) in [6.07, 6.45) is 3.80. The number of amides is 1. The number of nitrogens with two attached hydrogens (primary N) is 1. The number of nitrogens with zero attached hydrogens (tertiary/aromatic N) is 1. The third-order valence-corrected chi connectivity index (χ3v) is 2.47. The molecule has 1 amide bonds. The first-order chi connectivity index (χ1) is 8.00. The molecule has 3 N–H and O–H groups in total. The first kappa shape index (κ1) is 13.4. The van der Waals surface area contributed by atoms with Gasteiger partial charge in [-0.2, -0.15) is 0 Å². The van der Waals surface area contributed by atoms with Gasteiger partial charge >= 0.3 is 0 Å². The van der Waals surface area contributed by atoms with Crippen LogP contribution in [0.15, 0.2) is 18.5 Å². The minimum absolute atomic E-state index is 0.178. The summed E-state index contributed by atoms with van der Waals surface area (Å²) < 4.78 is 5.09. The maximum Gasteiger partial charge on any atom is 0.255 e. The van der Waals surface area contributed by atoms with E-state index in [-0.39, 0.29) is 11.4 Å². The van der Waals surface area contributed by atoms with Crippen LogP contribution in [-0.4, -0.2) is 30.1 Å². The molecule has 5 nitrogen and oxygen atoms in total. The molecule has 1 aromatic rings. The number of methoxy groups -OCH3 is 1. The molecule has 1 rings (SSSR count). The second kappa shape index (κ2) is 5.63. The Morgan fingerprint density at radius 3 is 2.88 bits per heavy atom. The maximum absolute atomic E-state index is 12.1. The van der Waals surface area contributed by atoms with E-state index < -0.39 is 0 Å². The summed E-state index contributed by atoms with van der Waals surface area (Å²) in [7, 11) is 1.51. The van der Waals surface area contributed by atoms with Crippen LogP contribution in [0.4, 0.5) is 0 Å². The molecule has 0 bridgehead atoms. The SMILES string of the molecule is COc1cnccc1C(=O)NC(C)(C)CCN. The lowest BCUT2D eigenvalue weighted by atomic mass is 10.00. The fraction of sp³-hybridized carbons (Fsp3) is 0.500. The Kier molecular flexibility index (Phi) is 4.45. The van der Waals surface area contributed by atoms with Gasteiger partial charge in [-0.3, -0.25) is 9.78 Å². The van der Waals surface area contributed by atoms with Gasteiger partial charge in [-0.05, 0) is 32.9 Å². The third-order valence-electron chi connectivity index (χ3n) is 2.47. The van der Waals surface area contributed by atoms with Crippen LogP contribution in [0, 0.1) is 0 Å². The zero-order valence-electron chi connectivity index (χ0n) is 10.5. The monoisotopic (exact) mass is 237 g/mol. The van der Waals surface area contributed by atoms with Gasteiger partial charge in [-0.25, -0.2) is 0 Å². The lowest BCUT2D eigenvalue weighted by Crippen LogP contribution is -2.44. The first-order valence-electron chi connectivity index (χ1n) is 5.51. The van der Waals surface area contributed by atoms with Crippen molar-refractivity contribution >= 4 is 5.91 Å². The second-order valence-electron chi connectivity index (χ2n) is 4.45. The summed E-state index contributed by atoms with van der Waals surface area (Å²) in [6, 6.07) is 1.63. The van der Waals surface area contributed by atoms with E-state index in [1.807, 2.05) is 13.8 Å². The number of nitrogens with one attached hydrogen (secondary N) is 1. The van der Waals surface area contributed by atoms with E-state index >= 15 is 0 Å². The average Bonchev–Trinajstić information content (AvgIpc) is 2.28. The molecule has 0 aromatic carbocycles. The predicted octanol–water partition coefficient (Wildman–Crippen LogP) is 0.947. The molecule has 1 aromatic heterocycles. The topological polar surface area (TPSA) is 77.2 Å². The van der Waals surface area contributed by atoms with Crippen molar-refractivity contribution in [2.75, 3.05) is 13.7 Å². The van der Waals surface area contributed by atoms with Crippen LogP contribution in [-0.2, 0) is 0 Å². The molecular formula is C12H19N3O2. The Labute approximate surface area is 101 Å². The molecule has 0 spiro atoms. The molecule has 1 heterocycles. The van der Waals surface area contributed by atoms with Gasteiger partial charge < -0.3 is 15.8 Å². The zero-order valence-corrected chi connectivity index (χ0v) is 10.5. The highest BCUT2D eigenvalue weighted by Gasteiger charge is 2.22. The normalized spacial score (nSPS) is 11.1. The van der Waals surface area contributed by atoms with Crippen molar-refractivity contribution in [1.29, 1.82) is 0 Å². The largest absolute Gasteiger partial charge is 0.494 e. The highest BCUT2D eigenvalue weighted by molar-refractivity contribution is 5.97. The lowest BCUT2D eigenvalue weighted by Gasteiger charge is -2.25. The lowest BCUT2D eigenvalue weighted by molar-refractivity contribution is 0.0907. The molecule has 0 unspecified atom stereocenters. The number of carbonyl (C=O) groups is 1. The quantitative estimate of drug-likeness (QED) is 0.799. The fourth-order valence-corrected chi connectivity index (χ4v) is 1.53. The second-order valence-corrected chi connectivity index (χ2v) is 4.45. The molecule has 0 aliphatic heterocycles. The van der Waals surface area contributed by atoms with Gasteiger partial charge in [0.2, 0.25) is 0 Å². The van der Waals surface area contributed by atoms with Gasteiger partial charge in [0.15, 0.2) is 0 Å².